The summed E-state index contributed by atoms with van der Waals surface area (Å²) in [6.07, 6.45) is 2.20. The lowest BCUT2D eigenvalue weighted by atomic mass is 9.89. The van der Waals surface area contributed by atoms with Gasteiger partial charge in [-0.25, -0.2) is 9.38 Å². The van der Waals surface area contributed by atoms with E-state index in [1.165, 1.54) is 12.1 Å². The number of carbonyl (C=O) groups is 1. The zero-order chi connectivity index (χ0) is 19.8. The van der Waals surface area contributed by atoms with Gasteiger partial charge in [0.2, 0.25) is 0 Å². The van der Waals surface area contributed by atoms with Gasteiger partial charge in [-0.1, -0.05) is 17.7 Å². The maximum absolute atomic E-state index is 13.1. The second kappa shape index (κ2) is 7.29. The first-order chi connectivity index (χ1) is 12.7. The minimum Gasteiger partial charge on any atom is -0.365 e. The molecule has 0 spiro atoms. The summed E-state index contributed by atoms with van der Waals surface area (Å²) in [6.45, 7) is 13.0. The zero-order valence-corrected chi connectivity index (χ0v) is 16.6. The van der Waals surface area contributed by atoms with Gasteiger partial charge in [-0.2, -0.15) is 0 Å². The first-order valence-corrected chi connectivity index (χ1v) is 9.42. The normalized spacial score (nSPS) is 18.9. The van der Waals surface area contributed by atoms with Crippen molar-refractivity contribution >= 4 is 12.6 Å². The van der Waals surface area contributed by atoms with Crippen LogP contribution < -0.4 is 5.32 Å². The number of benzene rings is 1. The number of aliphatic imine (C=N–C) groups is 1. The van der Waals surface area contributed by atoms with Crippen molar-refractivity contribution in [1.29, 1.82) is 0 Å². The Morgan fingerprint density at radius 3 is 2.30 bits per heavy atom. The molecule has 4 nitrogen and oxygen atoms in total. The van der Waals surface area contributed by atoms with Crippen molar-refractivity contribution in [1.82, 2.24) is 10.2 Å². The van der Waals surface area contributed by atoms with E-state index in [1.54, 1.807) is 12.1 Å². The molecule has 1 heterocycles. The molecule has 1 aliphatic carbocycles. The summed E-state index contributed by atoms with van der Waals surface area (Å²) >= 11 is 0. The van der Waals surface area contributed by atoms with Crippen LogP contribution in [0.5, 0.6) is 0 Å². The molecular formula is C22H28FN3O. The molecule has 1 aromatic carbocycles. The Morgan fingerprint density at radius 2 is 1.81 bits per heavy atom. The van der Waals surface area contributed by atoms with Crippen LogP contribution in [0, 0.1) is 5.82 Å². The molecule has 3 rings (SSSR count). The van der Waals surface area contributed by atoms with Gasteiger partial charge >= 0.3 is 0 Å². The fourth-order valence-corrected chi connectivity index (χ4v) is 3.47. The van der Waals surface area contributed by atoms with E-state index in [0.717, 1.165) is 29.6 Å². The Bertz CT molecular complexity index is 808. The van der Waals surface area contributed by atoms with Gasteiger partial charge in [-0.15, -0.1) is 0 Å². The number of nitrogens with one attached hydrogen (secondary N) is 1. The Hall–Kier alpha value is -2.43. The predicted molar refractivity (Wildman–Crippen MR) is 107 cm³/mol. The number of nitrogens with zero attached hydrogens (tertiary/aromatic N) is 2. The van der Waals surface area contributed by atoms with Crippen LogP contribution in [0.3, 0.4) is 0 Å². The van der Waals surface area contributed by atoms with Crippen molar-refractivity contribution in [3.8, 4) is 0 Å². The van der Waals surface area contributed by atoms with E-state index in [4.69, 9.17) is 0 Å². The van der Waals surface area contributed by atoms with Crippen LogP contribution in [0.25, 0.3) is 0 Å². The third-order valence-electron chi connectivity index (χ3n) is 5.53. The first-order valence-electron chi connectivity index (χ1n) is 9.42. The molecule has 0 atom stereocenters. The van der Waals surface area contributed by atoms with E-state index in [1.807, 2.05) is 25.7 Å². The van der Waals surface area contributed by atoms with Gasteiger partial charge in [-0.3, -0.25) is 4.79 Å². The van der Waals surface area contributed by atoms with Crippen LogP contribution in [0.2, 0.25) is 0 Å². The molecular weight excluding hydrogens is 341 g/mol. The van der Waals surface area contributed by atoms with Gasteiger partial charge in [-0.05, 0) is 65.0 Å². The van der Waals surface area contributed by atoms with Crippen molar-refractivity contribution in [3.05, 3.63) is 58.2 Å². The number of hydrogen-bond donors (Lipinski definition) is 1. The number of amides is 1. The SMILES string of the molecule is C=N/C(NC1(C)CC1)=C(\C)C(C(=O)N1CC(c2ccc(F)cc2)C1)=C(C)C. The monoisotopic (exact) mass is 369 g/mol. The number of rotatable bonds is 6. The molecule has 0 bridgehead atoms. The van der Waals surface area contributed by atoms with Crippen LogP contribution >= 0.6 is 0 Å². The Kier molecular flexibility index (Phi) is 5.22. The number of hydrogen-bond acceptors (Lipinski definition) is 3. The molecule has 144 valence electrons. The second-order valence-electron chi connectivity index (χ2n) is 8.15. The van der Waals surface area contributed by atoms with Crippen molar-refractivity contribution in [2.75, 3.05) is 13.1 Å². The fraction of sp³-hybridized carbons (Fsp3) is 0.455. The fourth-order valence-electron chi connectivity index (χ4n) is 3.47. The molecule has 1 aliphatic heterocycles. The van der Waals surface area contributed by atoms with Gasteiger partial charge in [0.25, 0.3) is 5.91 Å². The van der Waals surface area contributed by atoms with Gasteiger partial charge < -0.3 is 10.2 Å². The molecule has 0 unspecified atom stereocenters. The molecule has 0 radical (unpaired) electrons. The molecule has 1 saturated heterocycles. The van der Waals surface area contributed by atoms with E-state index >= 15 is 0 Å². The zero-order valence-electron chi connectivity index (χ0n) is 16.6. The number of halogens is 1. The summed E-state index contributed by atoms with van der Waals surface area (Å²) in [5, 5.41) is 3.43. The first kappa shape index (κ1) is 19.3. The molecule has 5 heteroatoms. The van der Waals surface area contributed by atoms with Crippen LogP contribution in [0.1, 0.15) is 52.0 Å². The highest BCUT2D eigenvalue weighted by Gasteiger charge is 2.39. The van der Waals surface area contributed by atoms with E-state index < -0.39 is 0 Å². The molecule has 27 heavy (non-hydrogen) atoms. The number of allylic oxidation sites excluding steroid dienone is 1. The quantitative estimate of drug-likeness (QED) is 0.465. The van der Waals surface area contributed by atoms with Crippen LogP contribution in [-0.2, 0) is 4.79 Å². The highest BCUT2D eigenvalue weighted by atomic mass is 19.1. The minimum absolute atomic E-state index is 0.0229. The number of carbonyl (C=O) groups excluding carboxylic acids is 1. The van der Waals surface area contributed by atoms with Crippen LogP contribution in [0.4, 0.5) is 4.39 Å². The summed E-state index contributed by atoms with van der Waals surface area (Å²) in [7, 11) is 0. The maximum Gasteiger partial charge on any atom is 0.254 e. The van der Waals surface area contributed by atoms with Crippen LogP contribution in [0.15, 0.2) is 51.8 Å². The van der Waals surface area contributed by atoms with Gasteiger partial charge in [0.05, 0.1) is 0 Å². The summed E-state index contributed by atoms with van der Waals surface area (Å²) in [5.74, 6) is 0.738. The standard InChI is InChI=1S/C22H28FN3O/c1-14(2)19(15(3)20(24-5)25-22(4)10-11-22)21(27)26-12-17(13-26)16-6-8-18(23)9-7-16/h6-9,17,25H,5,10-13H2,1-4H3/b20-15-. The molecule has 1 N–H and O–H groups in total. The summed E-state index contributed by atoms with van der Waals surface area (Å²) in [4.78, 5) is 19.1. The molecule has 0 aromatic heterocycles. The predicted octanol–water partition coefficient (Wildman–Crippen LogP) is 4.16. The highest BCUT2D eigenvalue weighted by Crippen LogP contribution is 2.37. The lowest BCUT2D eigenvalue weighted by Crippen LogP contribution is -2.49. The molecule has 2 fully saturated rings. The van der Waals surface area contributed by atoms with E-state index in [2.05, 4.69) is 24.0 Å². The summed E-state index contributed by atoms with van der Waals surface area (Å²) in [5.41, 5.74) is 3.65. The van der Waals surface area contributed by atoms with E-state index in [0.29, 0.717) is 24.5 Å². The number of likely N-dealkylation sites (tertiary alicyclic amines) is 1. The molecule has 1 amide bonds. The van der Waals surface area contributed by atoms with Gasteiger partial charge in [0.1, 0.15) is 11.6 Å². The average molecular weight is 369 g/mol. The van der Waals surface area contributed by atoms with E-state index in [-0.39, 0.29) is 23.2 Å². The second-order valence-corrected chi connectivity index (χ2v) is 8.15. The van der Waals surface area contributed by atoms with Crippen molar-refractivity contribution in [2.45, 2.75) is 52.0 Å². The summed E-state index contributed by atoms with van der Waals surface area (Å²) < 4.78 is 13.1. The maximum atomic E-state index is 13.1. The highest BCUT2D eigenvalue weighted by molar-refractivity contribution is 5.99. The lowest BCUT2D eigenvalue weighted by Gasteiger charge is -2.40. The van der Waals surface area contributed by atoms with Crippen molar-refractivity contribution in [2.24, 2.45) is 4.99 Å². The van der Waals surface area contributed by atoms with Crippen molar-refractivity contribution in [3.63, 3.8) is 0 Å². The van der Waals surface area contributed by atoms with E-state index in [9.17, 15) is 9.18 Å². The molecule has 1 saturated carbocycles. The molecule has 1 aromatic rings. The largest absolute Gasteiger partial charge is 0.365 e. The minimum atomic E-state index is -0.236. The van der Waals surface area contributed by atoms with Crippen LogP contribution in [-0.4, -0.2) is 36.2 Å². The third-order valence-corrected chi connectivity index (χ3v) is 5.53. The Morgan fingerprint density at radius 1 is 1.22 bits per heavy atom. The third kappa shape index (κ3) is 4.12. The Balaban J connectivity index is 1.74. The average Bonchev–Trinajstić information content (AvgIpc) is 3.30. The van der Waals surface area contributed by atoms with Gasteiger partial charge in [0.15, 0.2) is 0 Å². The smallest absolute Gasteiger partial charge is 0.254 e. The lowest BCUT2D eigenvalue weighted by molar-refractivity contribution is -0.131. The molecule has 2 aliphatic rings. The topological polar surface area (TPSA) is 44.7 Å². The summed E-state index contributed by atoms with van der Waals surface area (Å²) in [6, 6.07) is 6.55. The van der Waals surface area contributed by atoms with Crippen molar-refractivity contribution < 1.29 is 9.18 Å². The Labute approximate surface area is 160 Å². The van der Waals surface area contributed by atoms with Gasteiger partial charge in [0, 0.05) is 35.7 Å².